The second-order valence-electron chi connectivity index (χ2n) is 5.13. The van der Waals surface area contributed by atoms with Gasteiger partial charge in [0.2, 0.25) is 0 Å². The van der Waals surface area contributed by atoms with Crippen LogP contribution in [-0.4, -0.2) is 31.2 Å². The van der Waals surface area contributed by atoms with Crippen LogP contribution < -0.4 is 11.1 Å². The van der Waals surface area contributed by atoms with E-state index in [0.29, 0.717) is 35.5 Å². The molecule has 3 N–H and O–H groups in total. The summed E-state index contributed by atoms with van der Waals surface area (Å²) in [5, 5.41) is 2.84. The summed E-state index contributed by atoms with van der Waals surface area (Å²) < 4.78 is 11.3. The van der Waals surface area contributed by atoms with E-state index >= 15 is 0 Å². The van der Waals surface area contributed by atoms with Crippen molar-refractivity contribution in [3.63, 3.8) is 0 Å². The zero-order valence-corrected chi connectivity index (χ0v) is 13.0. The van der Waals surface area contributed by atoms with Crippen LogP contribution in [-0.2, 0) is 4.74 Å². The number of halogens is 1. The van der Waals surface area contributed by atoms with E-state index in [2.05, 4.69) is 21.2 Å². The van der Waals surface area contributed by atoms with Crippen molar-refractivity contribution < 1.29 is 13.9 Å². The summed E-state index contributed by atoms with van der Waals surface area (Å²) in [6, 6.07) is 1.99. The second kappa shape index (κ2) is 7.81. The number of rotatable bonds is 6. The van der Waals surface area contributed by atoms with Crippen LogP contribution in [0.4, 0.5) is 0 Å². The van der Waals surface area contributed by atoms with Crippen LogP contribution in [0.3, 0.4) is 0 Å². The van der Waals surface area contributed by atoms with Crippen molar-refractivity contribution in [3.8, 4) is 0 Å². The van der Waals surface area contributed by atoms with Gasteiger partial charge in [-0.25, -0.2) is 0 Å². The lowest BCUT2D eigenvalue weighted by Gasteiger charge is -2.26. The Kier molecular flexibility index (Phi) is 6.06. The van der Waals surface area contributed by atoms with Crippen LogP contribution in [0.2, 0.25) is 0 Å². The average Bonchev–Trinajstić information content (AvgIpc) is 2.86. The fourth-order valence-electron chi connectivity index (χ4n) is 2.33. The normalized spacial score (nSPS) is 22.7. The van der Waals surface area contributed by atoms with Crippen molar-refractivity contribution in [1.82, 2.24) is 5.32 Å². The molecule has 2 rings (SSSR count). The Labute approximate surface area is 127 Å². The largest absolute Gasteiger partial charge is 0.457 e. The molecule has 1 aliphatic carbocycles. The summed E-state index contributed by atoms with van der Waals surface area (Å²) >= 11 is 3.18. The van der Waals surface area contributed by atoms with Crippen molar-refractivity contribution >= 4 is 21.8 Å². The molecule has 0 unspecified atom stereocenters. The van der Waals surface area contributed by atoms with Gasteiger partial charge in [0.15, 0.2) is 4.67 Å². The average molecular weight is 345 g/mol. The molecule has 0 saturated heterocycles. The molecule has 20 heavy (non-hydrogen) atoms. The molecular weight excluding hydrogens is 324 g/mol. The van der Waals surface area contributed by atoms with Crippen LogP contribution in [0.25, 0.3) is 0 Å². The van der Waals surface area contributed by atoms with Crippen LogP contribution in [0, 0.1) is 0 Å². The number of hydrogen-bond donors (Lipinski definition) is 2. The maximum Gasteiger partial charge on any atom is 0.255 e. The number of carbonyl (C=O) groups is 1. The number of furan rings is 1. The van der Waals surface area contributed by atoms with E-state index < -0.39 is 0 Å². The lowest BCUT2D eigenvalue weighted by molar-refractivity contribution is 0.0241. The molecule has 0 atom stereocenters. The van der Waals surface area contributed by atoms with Gasteiger partial charge in [-0.15, -0.1) is 0 Å². The molecule has 1 heterocycles. The lowest BCUT2D eigenvalue weighted by Crippen LogP contribution is -2.31. The highest BCUT2D eigenvalue weighted by atomic mass is 79.9. The zero-order chi connectivity index (χ0) is 14.4. The van der Waals surface area contributed by atoms with Crippen LogP contribution in [0.1, 0.15) is 42.5 Å². The molecule has 1 aliphatic rings. The van der Waals surface area contributed by atoms with E-state index in [1.54, 1.807) is 6.07 Å². The highest BCUT2D eigenvalue weighted by Gasteiger charge is 2.18. The molecule has 0 bridgehead atoms. The Morgan fingerprint density at radius 3 is 2.85 bits per heavy atom. The molecule has 1 aromatic heterocycles. The first-order valence-corrected chi connectivity index (χ1v) is 7.84. The molecule has 5 nitrogen and oxygen atoms in total. The van der Waals surface area contributed by atoms with Crippen molar-refractivity contribution in [2.24, 2.45) is 5.73 Å². The molecule has 0 radical (unpaired) electrons. The molecule has 112 valence electrons. The van der Waals surface area contributed by atoms with Gasteiger partial charge >= 0.3 is 0 Å². The summed E-state index contributed by atoms with van der Waals surface area (Å²) in [4.78, 5) is 11.8. The van der Waals surface area contributed by atoms with E-state index in [1.807, 2.05) is 0 Å². The first-order chi connectivity index (χ1) is 9.66. The zero-order valence-electron chi connectivity index (χ0n) is 11.4. The Morgan fingerprint density at radius 2 is 2.20 bits per heavy atom. The maximum absolute atomic E-state index is 11.8. The molecule has 0 spiro atoms. The van der Waals surface area contributed by atoms with Gasteiger partial charge in [0, 0.05) is 19.2 Å². The number of hydrogen-bond acceptors (Lipinski definition) is 4. The number of amides is 1. The molecule has 6 heteroatoms. The molecule has 1 saturated carbocycles. The van der Waals surface area contributed by atoms with Crippen LogP contribution >= 0.6 is 15.9 Å². The quantitative estimate of drug-likeness (QED) is 0.777. The SMILES string of the molecule is NC1CCC(OCCCNC(=O)c2ccoc2Br)CC1. The first kappa shape index (κ1) is 15.5. The van der Waals surface area contributed by atoms with E-state index in [1.165, 1.54) is 6.26 Å². The molecular formula is C14H21BrN2O3. The Hall–Kier alpha value is -0.850. The van der Waals surface area contributed by atoms with Gasteiger partial charge in [-0.3, -0.25) is 4.79 Å². The molecule has 0 aliphatic heterocycles. The van der Waals surface area contributed by atoms with E-state index in [-0.39, 0.29) is 5.91 Å². The number of carbonyl (C=O) groups excluding carboxylic acids is 1. The number of nitrogens with two attached hydrogens (primary N) is 1. The third kappa shape index (κ3) is 4.61. The molecule has 0 aromatic carbocycles. The molecule has 1 fully saturated rings. The topological polar surface area (TPSA) is 77.5 Å². The Morgan fingerprint density at radius 1 is 1.45 bits per heavy atom. The third-order valence-electron chi connectivity index (χ3n) is 3.54. The highest BCUT2D eigenvalue weighted by molar-refractivity contribution is 9.10. The standard InChI is InChI=1S/C14H21BrN2O3/c15-13-12(6-9-20-13)14(18)17-7-1-8-19-11-4-2-10(16)3-5-11/h6,9-11H,1-5,7-8,16H2,(H,17,18). The van der Waals surface area contributed by atoms with E-state index in [0.717, 1.165) is 32.1 Å². The maximum atomic E-state index is 11.8. The number of nitrogens with one attached hydrogen (secondary N) is 1. The minimum absolute atomic E-state index is 0.130. The second-order valence-corrected chi connectivity index (χ2v) is 5.85. The fraction of sp³-hybridized carbons (Fsp3) is 0.643. The van der Waals surface area contributed by atoms with Gasteiger partial charge < -0.3 is 20.2 Å². The molecule has 1 aromatic rings. The van der Waals surface area contributed by atoms with Crippen LogP contribution in [0.15, 0.2) is 21.4 Å². The van der Waals surface area contributed by atoms with Gasteiger partial charge in [-0.1, -0.05) is 0 Å². The van der Waals surface area contributed by atoms with Gasteiger partial charge in [0.25, 0.3) is 5.91 Å². The minimum atomic E-state index is -0.130. The highest BCUT2D eigenvalue weighted by Crippen LogP contribution is 2.20. The van der Waals surface area contributed by atoms with Gasteiger partial charge in [-0.05, 0) is 54.1 Å². The third-order valence-corrected chi connectivity index (χ3v) is 4.16. The van der Waals surface area contributed by atoms with Crippen molar-refractivity contribution in [3.05, 3.63) is 22.6 Å². The Bertz CT molecular complexity index is 428. The van der Waals surface area contributed by atoms with Gasteiger partial charge in [0.1, 0.15) is 0 Å². The van der Waals surface area contributed by atoms with E-state index in [9.17, 15) is 4.79 Å². The van der Waals surface area contributed by atoms with E-state index in [4.69, 9.17) is 14.9 Å². The summed E-state index contributed by atoms with van der Waals surface area (Å²) in [5.74, 6) is -0.130. The predicted molar refractivity (Wildman–Crippen MR) is 79.5 cm³/mol. The minimum Gasteiger partial charge on any atom is -0.457 e. The number of ether oxygens (including phenoxy) is 1. The van der Waals surface area contributed by atoms with Crippen LogP contribution in [0.5, 0.6) is 0 Å². The van der Waals surface area contributed by atoms with Crippen molar-refractivity contribution in [1.29, 1.82) is 0 Å². The summed E-state index contributed by atoms with van der Waals surface area (Å²) in [6.07, 6.45) is 6.84. The summed E-state index contributed by atoms with van der Waals surface area (Å²) in [6.45, 7) is 1.27. The summed E-state index contributed by atoms with van der Waals surface area (Å²) in [5.41, 5.74) is 6.37. The molecule has 1 amide bonds. The fourth-order valence-corrected chi connectivity index (χ4v) is 2.75. The first-order valence-electron chi connectivity index (χ1n) is 7.05. The summed E-state index contributed by atoms with van der Waals surface area (Å²) in [7, 11) is 0. The van der Waals surface area contributed by atoms with Gasteiger partial charge in [-0.2, -0.15) is 0 Å². The predicted octanol–water partition coefficient (Wildman–Crippen LogP) is 2.45. The van der Waals surface area contributed by atoms with Gasteiger partial charge in [0.05, 0.1) is 17.9 Å². The lowest BCUT2D eigenvalue weighted by atomic mass is 9.94. The van der Waals surface area contributed by atoms with Crippen molar-refractivity contribution in [2.75, 3.05) is 13.2 Å². The Balaban J connectivity index is 1.56. The smallest absolute Gasteiger partial charge is 0.255 e. The monoisotopic (exact) mass is 344 g/mol. The van der Waals surface area contributed by atoms with Crippen molar-refractivity contribution in [2.45, 2.75) is 44.2 Å².